The molecule has 1 fully saturated rings. The Hall–Kier alpha value is -0.210. The van der Waals surface area contributed by atoms with Gasteiger partial charge >= 0.3 is 0 Å². The van der Waals surface area contributed by atoms with Gasteiger partial charge in [0, 0.05) is 33.3 Å². The van der Waals surface area contributed by atoms with E-state index in [9.17, 15) is 8.42 Å². The first-order valence-corrected chi connectivity index (χ1v) is 8.91. The Balaban J connectivity index is 2.52. The molecule has 0 aliphatic carbocycles. The molecule has 6 nitrogen and oxygen atoms in total. The lowest BCUT2D eigenvalue weighted by Gasteiger charge is -2.34. The van der Waals surface area contributed by atoms with Crippen LogP contribution in [0.25, 0.3) is 0 Å². The minimum absolute atomic E-state index is 0.407. The van der Waals surface area contributed by atoms with Crippen molar-refractivity contribution in [1.29, 1.82) is 0 Å². The summed E-state index contributed by atoms with van der Waals surface area (Å²) in [5.41, 5.74) is 0. The number of piperidine rings is 1. The van der Waals surface area contributed by atoms with E-state index in [4.69, 9.17) is 4.74 Å². The van der Waals surface area contributed by atoms with Gasteiger partial charge in [-0.25, -0.2) is 0 Å². The summed E-state index contributed by atoms with van der Waals surface area (Å²) in [5.74, 6) is 0.416. The van der Waals surface area contributed by atoms with Gasteiger partial charge in [0.15, 0.2) is 0 Å². The molecule has 0 aromatic rings. The molecular weight excluding hydrogens is 278 g/mol. The van der Waals surface area contributed by atoms with Gasteiger partial charge in [0.1, 0.15) is 0 Å². The van der Waals surface area contributed by atoms with Crippen molar-refractivity contribution in [3.63, 3.8) is 0 Å². The fraction of sp³-hybridized carbons (Fsp3) is 1.00. The standard InChI is InChI=1S/C13H29N3O3S/c1-4-14-11-13-7-6-8-16(12-13)20(17,18)15(3)9-10-19-5-2/h13-14H,4-12H2,1-3H3. The molecule has 1 rings (SSSR count). The molecule has 0 aromatic heterocycles. The van der Waals surface area contributed by atoms with E-state index in [1.165, 1.54) is 4.31 Å². The van der Waals surface area contributed by atoms with Gasteiger partial charge in [-0.1, -0.05) is 6.92 Å². The second-order valence-corrected chi connectivity index (χ2v) is 7.24. The molecule has 1 N–H and O–H groups in total. The highest BCUT2D eigenvalue weighted by atomic mass is 32.2. The fourth-order valence-electron chi connectivity index (χ4n) is 2.40. The van der Waals surface area contributed by atoms with E-state index in [0.29, 0.717) is 38.8 Å². The van der Waals surface area contributed by atoms with Crippen molar-refractivity contribution in [3.05, 3.63) is 0 Å². The molecule has 0 aromatic carbocycles. The van der Waals surface area contributed by atoms with Crippen LogP contribution in [0.15, 0.2) is 0 Å². The Labute approximate surface area is 123 Å². The van der Waals surface area contributed by atoms with Crippen LogP contribution in [0.2, 0.25) is 0 Å². The van der Waals surface area contributed by atoms with E-state index >= 15 is 0 Å². The second-order valence-electron chi connectivity index (χ2n) is 5.20. The summed E-state index contributed by atoms with van der Waals surface area (Å²) in [6.07, 6.45) is 2.04. The van der Waals surface area contributed by atoms with Crippen LogP contribution in [0.5, 0.6) is 0 Å². The normalized spacial score (nSPS) is 21.5. The number of nitrogens with one attached hydrogen (secondary N) is 1. The van der Waals surface area contributed by atoms with Crippen LogP contribution in [0.3, 0.4) is 0 Å². The molecule has 7 heteroatoms. The first-order chi connectivity index (χ1) is 9.52. The monoisotopic (exact) mass is 307 g/mol. The van der Waals surface area contributed by atoms with Crippen LogP contribution in [0.4, 0.5) is 0 Å². The Kier molecular flexibility index (Phi) is 7.98. The van der Waals surface area contributed by atoms with Crippen LogP contribution in [-0.4, -0.2) is 70.0 Å². The Bertz CT molecular complexity index is 362. The van der Waals surface area contributed by atoms with Crippen LogP contribution in [0.1, 0.15) is 26.7 Å². The highest BCUT2D eigenvalue weighted by Gasteiger charge is 2.31. The van der Waals surface area contributed by atoms with Crippen molar-refractivity contribution in [2.24, 2.45) is 5.92 Å². The van der Waals surface area contributed by atoms with Crippen LogP contribution >= 0.6 is 0 Å². The third kappa shape index (κ3) is 5.29. The zero-order valence-corrected chi connectivity index (χ0v) is 13.8. The van der Waals surface area contributed by atoms with Crippen molar-refractivity contribution < 1.29 is 13.2 Å². The third-order valence-electron chi connectivity index (χ3n) is 3.64. The van der Waals surface area contributed by atoms with Crippen LogP contribution < -0.4 is 5.32 Å². The lowest BCUT2D eigenvalue weighted by molar-refractivity contribution is 0.136. The first-order valence-electron chi connectivity index (χ1n) is 7.52. The first kappa shape index (κ1) is 17.8. The fourth-order valence-corrected chi connectivity index (χ4v) is 3.86. The van der Waals surface area contributed by atoms with Gasteiger partial charge in [0.25, 0.3) is 10.2 Å². The topological polar surface area (TPSA) is 61.9 Å². The number of rotatable bonds is 9. The van der Waals surface area contributed by atoms with Crippen LogP contribution in [0, 0.1) is 5.92 Å². The van der Waals surface area contributed by atoms with E-state index in [2.05, 4.69) is 12.2 Å². The molecule has 1 aliphatic rings. The minimum Gasteiger partial charge on any atom is -0.380 e. The number of hydrogen-bond donors (Lipinski definition) is 1. The van der Waals surface area contributed by atoms with E-state index in [1.807, 2.05) is 6.92 Å². The molecular formula is C13H29N3O3S. The Morgan fingerprint density at radius 3 is 2.80 bits per heavy atom. The minimum atomic E-state index is -3.34. The van der Waals surface area contributed by atoms with Gasteiger partial charge in [-0.05, 0) is 38.8 Å². The van der Waals surface area contributed by atoms with Crippen molar-refractivity contribution in [2.75, 3.05) is 53.0 Å². The van der Waals surface area contributed by atoms with Gasteiger partial charge in [0.05, 0.1) is 6.61 Å². The van der Waals surface area contributed by atoms with Gasteiger partial charge in [-0.3, -0.25) is 0 Å². The average Bonchev–Trinajstić information content (AvgIpc) is 2.45. The second kappa shape index (κ2) is 8.94. The zero-order valence-electron chi connectivity index (χ0n) is 13.0. The van der Waals surface area contributed by atoms with Gasteiger partial charge < -0.3 is 10.1 Å². The SMILES string of the molecule is CCNCC1CCCN(S(=O)(=O)N(C)CCOCC)C1. The molecule has 0 spiro atoms. The molecule has 1 unspecified atom stereocenters. The summed E-state index contributed by atoms with van der Waals surface area (Å²) in [6.45, 7) is 8.51. The van der Waals surface area contributed by atoms with Crippen molar-refractivity contribution in [2.45, 2.75) is 26.7 Å². The van der Waals surface area contributed by atoms with Crippen molar-refractivity contribution in [1.82, 2.24) is 13.9 Å². The molecule has 1 aliphatic heterocycles. The number of hydrogen-bond acceptors (Lipinski definition) is 4. The summed E-state index contributed by atoms with van der Waals surface area (Å²) < 4.78 is 33.2. The quantitative estimate of drug-likeness (QED) is 0.631. The van der Waals surface area contributed by atoms with Gasteiger partial charge in [-0.15, -0.1) is 0 Å². The predicted molar refractivity (Wildman–Crippen MR) is 80.9 cm³/mol. The van der Waals surface area contributed by atoms with E-state index in [1.54, 1.807) is 11.4 Å². The van der Waals surface area contributed by atoms with Crippen molar-refractivity contribution >= 4 is 10.2 Å². The highest BCUT2D eigenvalue weighted by molar-refractivity contribution is 7.86. The molecule has 0 bridgehead atoms. The number of likely N-dealkylation sites (N-methyl/N-ethyl adjacent to an activating group) is 1. The molecule has 120 valence electrons. The van der Waals surface area contributed by atoms with E-state index in [0.717, 1.165) is 25.9 Å². The largest absolute Gasteiger partial charge is 0.380 e. The molecule has 0 amide bonds. The highest BCUT2D eigenvalue weighted by Crippen LogP contribution is 2.20. The maximum absolute atomic E-state index is 12.5. The Morgan fingerprint density at radius 1 is 1.40 bits per heavy atom. The summed E-state index contributed by atoms with van der Waals surface area (Å²) >= 11 is 0. The summed E-state index contributed by atoms with van der Waals surface area (Å²) in [6, 6.07) is 0. The van der Waals surface area contributed by atoms with Crippen molar-refractivity contribution in [3.8, 4) is 0 Å². The summed E-state index contributed by atoms with van der Waals surface area (Å²) in [4.78, 5) is 0. The lowest BCUT2D eigenvalue weighted by atomic mass is 10.00. The molecule has 0 radical (unpaired) electrons. The molecule has 0 saturated carbocycles. The molecule has 1 saturated heterocycles. The summed E-state index contributed by atoms with van der Waals surface area (Å²) in [5, 5.41) is 3.31. The lowest BCUT2D eigenvalue weighted by Crippen LogP contribution is -2.48. The Morgan fingerprint density at radius 2 is 2.15 bits per heavy atom. The molecule has 20 heavy (non-hydrogen) atoms. The molecule has 1 heterocycles. The van der Waals surface area contributed by atoms with E-state index < -0.39 is 10.2 Å². The average molecular weight is 307 g/mol. The zero-order chi connectivity index (χ0) is 15.0. The predicted octanol–water partition coefficient (Wildman–Crippen LogP) is 0.521. The van der Waals surface area contributed by atoms with Gasteiger partial charge in [-0.2, -0.15) is 17.0 Å². The number of nitrogens with zero attached hydrogens (tertiary/aromatic N) is 2. The summed E-state index contributed by atoms with van der Waals surface area (Å²) in [7, 11) is -1.71. The third-order valence-corrected chi connectivity index (χ3v) is 5.59. The van der Waals surface area contributed by atoms with Gasteiger partial charge in [0.2, 0.25) is 0 Å². The van der Waals surface area contributed by atoms with Crippen LogP contribution in [-0.2, 0) is 14.9 Å². The number of ether oxygens (including phenoxy) is 1. The maximum Gasteiger partial charge on any atom is 0.281 e. The smallest absolute Gasteiger partial charge is 0.281 e. The maximum atomic E-state index is 12.5. The molecule has 1 atom stereocenters. The van der Waals surface area contributed by atoms with E-state index in [-0.39, 0.29) is 0 Å².